The number of aryl methyl sites for hydroxylation is 2. The number of para-hydroxylation sites is 1. The van der Waals surface area contributed by atoms with E-state index in [-0.39, 0.29) is 34.5 Å². The summed E-state index contributed by atoms with van der Waals surface area (Å²) >= 11 is -2.19. The van der Waals surface area contributed by atoms with Crippen molar-refractivity contribution in [1.82, 2.24) is 4.98 Å². The number of benzene rings is 4. The van der Waals surface area contributed by atoms with Crippen LogP contribution < -0.4 is 4.40 Å². The molecule has 0 spiro atoms. The third kappa shape index (κ3) is 4.76. The van der Waals surface area contributed by atoms with Gasteiger partial charge in [0, 0.05) is 14.4 Å². The molecule has 214 valence electrons. The summed E-state index contributed by atoms with van der Waals surface area (Å²) in [5, 5.41) is 2.63. The quantitative estimate of drug-likeness (QED) is 0.179. The van der Waals surface area contributed by atoms with Crippen LogP contribution in [0.3, 0.4) is 0 Å². The normalized spacial score (nSPS) is 15.2. The first kappa shape index (κ1) is 22.2. The van der Waals surface area contributed by atoms with Crippen molar-refractivity contribution < 1.29 is 17.0 Å². The summed E-state index contributed by atoms with van der Waals surface area (Å²) in [4.78, 5) is 4.39. The zero-order valence-electron chi connectivity index (χ0n) is 31.2. The van der Waals surface area contributed by atoms with E-state index < -0.39 is 27.0 Å². The standard InChI is InChI=1S/C38H40FGeNO/c1-21(2)31-18-26(40(7,8)9)19-32(22(3)4)36(31)25-16-33-27(34(39)17-25)13-14-29-28-11-10-12-30(37(28)42-38(29)33)35-15-23(5)24(6)20-41-35/h10-22H,1-9H3/i5D3,6D3. The molecule has 6 aromatic rings. The Kier molecular flexibility index (Phi) is 5.47. The van der Waals surface area contributed by atoms with Crippen LogP contribution in [0.5, 0.6) is 0 Å². The van der Waals surface area contributed by atoms with E-state index in [1.807, 2.05) is 24.3 Å². The summed E-state index contributed by atoms with van der Waals surface area (Å²) in [6.07, 6.45) is 1.12. The molecule has 6 rings (SSSR count). The smallest absolute Gasteiger partial charge is 0.0280 e. The van der Waals surface area contributed by atoms with Crippen molar-refractivity contribution in [2.45, 2.75) is 70.5 Å². The second-order valence-electron chi connectivity index (χ2n) is 13.0. The topological polar surface area (TPSA) is 26.0 Å². The van der Waals surface area contributed by atoms with Crippen LogP contribution in [0.4, 0.5) is 4.39 Å². The van der Waals surface area contributed by atoms with Gasteiger partial charge in [-0.3, -0.25) is 4.98 Å². The van der Waals surface area contributed by atoms with E-state index in [0.717, 1.165) is 28.1 Å². The van der Waals surface area contributed by atoms with Gasteiger partial charge in [-0.05, 0) is 30.9 Å². The number of aromatic nitrogens is 1. The van der Waals surface area contributed by atoms with Crippen LogP contribution in [0.25, 0.3) is 55.1 Å². The van der Waals surface area contributed by atoms with Crippen LogP contribution in [0.15, 0.2) is 71.3 Å². The van der Waals surface area contributed by atoms with Crippen LogP contribution >= 0.6 is 0 Å². The van der Waals surface area contributed by atoms with Crippen molar-refractivity contribution in [3.8, 4) is 22.4 Å². The number of fused-ring (bicyclic) bond motifs is 5. The van der Waals surface area contributed by atoms with E-state index in [1.54, 1.807) is 18.2 Å². The molecule has 0 saturated carbocycles. The molecular formula is C38H40FGeNO. The summed E-state index contributed by atoms with van der Waals surface area (Å²) < 4.78 is 71.8. The third-order valence-electron chi connectivity index (χ3n) is 8.32. The van der Waals surface area contributed by atoms with Crippen LogP contribution in [-0.2, 0) is 0 Å². The fourth-order valence-electron chi connectivity index (χ4n) is 5.96. The predicted molar refractivity (Wildman–Crippen MR) is 180 cm³/mol. The molecule has 42 heavy (non-hydrogen) atoms. The fourth-order valence-corrected chi connectivity index (χ4v) is 8.43. The summed E-state index contributed by atoms with van der Waals surface area (Å²) in [5.74, 6) is 7.31. The van der Waals surface area contributed by atoms with Crippen LogP contribution in [0.1, 0.15) is 70.0 Å². The zero-order valence-corrected chi connectivity index (χ0v) is 27.3. The average molecular weight is 624 g/mol. The fraction of sp³-hybridized carbons (Fsp3) is 0.289. The van der Waals surface area contributed by atoms with Gasteiger partial charge in [-0.25, -0.2) is 0 Å². The van der Waals surface area contributed by atoms with Crippen molar-refractivity contribution in [2.75, 3.05) is 0 Å². The maximum Gasteiger partial charge on any atom is 0.0280 e. The Morgan fingerprint density at radius 3 is 2.07 bits per heavy atom. The Hall–Kier alpha value is -3.44. The molecule has 4 aromatic carbocycles. The summed E-state index contributed by atoms with van der Waals surface area (Å²) in [6.45, 7) is 3.46. The molecule has 0 aliphatic rings. The Balaban J connectivity index is 1.64. The van der Waals surface area contributed by atoms with E-state index in [4.69, 9.17) is 12.6 Å². The number of hydrogen-bond donors (Lipinski definition) is 0. The van der Waals surface area contributed by atoms with Gasteiger partial charge in [-0.1, -0.05) is 0 Å². The Bertz CT molecular complexity index is 2200. The minimum atomic E-state index is -2.66. The van der Waals surface area contributed by atoms with Crippen LogP contribution in [0, 0.1) is 19.5 Å². The molecule has 0 aliphatic carbocycles. The Morgan fingerprint density at radius 1 is 0.762 bits per heavy atom. The summed E-state index contributed by atoms with van der Waals surface area (Å²) in [7, 11) is 0. The zero-order chi connectivity index (χ0) is 35.1. The van der Waals surface area contributed by atoms with E-state index >= 15 is 4.39 Å². The number of rotatable bonds is 5. The number of hydrogen-bond acceptors (Lipinski definition) is 2. The van der Waals surface area contributed by atoms with E-state index in [2.05, 4.69) is 62.1 Å². The van der Waals surface area contributed by atoms with Gasteiger partial charge in [0.15, 0.2) is 0 Å². The summed E-state index contributed by atoms with van der Waals surface area (Å²) in [6, 6.07) is 18.8. The first-order valence-electron chi connectivity index (χ1n) is 17.5. The van der Waals surface area contributed by atoms with Gasteiger partial charge in [0.25, 0.3) is 0 Å². The minimum Gasteiger partial charge on any atom is -0.0445 e. The van der Waals surface area contributed by atoms with Gasteiger partial charge in [-0.2, -0.15) is 0 Å². The molecule has 0 fully saturated rings. The molecular weight excluding hydrogens is 578 g/mol. The van der Waals surface area contributed by atoms with E-state index in [0.29, 0.717) is 27.5 Å². The number of furan rings is 1. The van der Waals surface area contributed by atoms with Crippen LogP contribution in [-0.4, -0.2) is 18.3 Å². The van der Waals surface area contributed by atoms with Crippen molar-refractivity contribution in [3.05, 3.63) is 94.9 Å². The maximum atomic E-state index is 16.1. The van der Waals surface area contributed by atoms with Gasteiger partial charge < -0.3 is 0 Å². The Labute approximate surface area is 259 Å². The van der Waals surface area contributed by atoms with Crippen molar-refractivity contribution in [3.63, 3.8) is 0 Å². The van der Waals surface area contributed by atoms with E-state index in [9.17, 15) is 0 Å². The second kappa shape index (κ2) is 10.4. The molecule has 0 radical (unpaired) electrons. The molecule has 0 atom stereocenters. The Morgan fingerprint density at radius 2 is 1.43 bits per heavy atom. The minimum absolute atomic E-state index is 0.231. The van der Waals surface area contributed by atoms with Gasteiger partial charge in [0.2, 0.25) is 0 Å². The predicted octanol–water partition coefficient (Wildman–Crippen LogP) is 11.0. The third-order valence-corrected chi connectivity index (χ3v) is 12.6. The molecule has 0 bridgehead atoms. The monoisotopic (exact) mass is 625 g/mol. The van der Waals surface area contributed by atoms with Crippen molar-refractivity contribution in [2.24, 2.45) is 0 Å². The molecule has 2 heterocycles. The molecule has 2 nitrogen and oxygen atoms in total. The van der Waals surface area contributed by atoms with Crippen molar-refractivity contribution in [1.29, 1.82) is 0 Å². The molecule has 0 aliphatic heterocycles. The SMILES string of the molecule is [2H]C([2H])([2H])c1cnc(-c2cccc3c2oc2c4cc(-c5c(C(C)C)c[c]([Ge]([CH3])([CH3])[CH3])cc5C(C)C)cc(F)c4ccc32)cc1C([2H])([2H])[2H]. The molecule has 2 aromatic heterocycles. The molecule has 0 N–H and O–H groups in total. The molecule has 0 saturated heterocycles. The first-order chi connectivity index (χ1) is 22.3. The van der Waals surface area contributed by atoms with Gasteiger partial charge in [0.05, 0.1) is 0 Å². The van der Waals surface area contributed by atoms with Crippen molar-refractivity contribution >= 4 is 50.4 Å². The number of halogens is 1. The average Bonchev–Trinajstić information content (AvgIpc) is 3.38. The van der Waals surface area contributed by atoms with Crippen LogP contribution in [0.2, 0.25) is 17.3 Å². The molecule has 4 heteroatoms. The number of nitrogens with zero attached hydrogens (tertiary/aromatic N) is 1. The number of pyridine rings is 1. The first-order valence-corrected chi connectivity index (χ1v) is 21.9. The van der Waals surface area contributed by atoms with Gasteiger partial charge in [0.1, 0.15) is 0 Å². The van der Waals surface area contributed by atoms with E-state index in [1.165, 1.54) is 21.6 Å². The maximum absolute atomic E-state index is 16.1. The largest absolute Gasteiger partial charge is 0.0445 e. The molecule has 0 unspecified atom stereocenters. The van der Waals surface area contributed by atoms with Gasteiger partial charge in [-0.15, -0.1) is 0 Å². The second-order valence-corrected chi connectivity index (χ2v) is 23.6. The van der Waals surface area contributed by atoms with Gasteiger partial charge >= 0.3 is 210 Å². The summed E-state index contributed by atoms with van der Waals surface area (Å²) in [5.41, 5.74) is 5.49. The molecule has 0 amide bonds.